The highest BCUT2D eigenvalue weighted by Gasteiger charge is 2.17. The van der Waals surface area contributed by atoms with E-state index in [4.69, 9.17) is 10.5 Å². The van der Waals surface area contributed by atoms with E-state index in [1.807, 2.05) is 6.07 Å². The van der Waals surface area contributed by atoms with E-state index in [1.54, 1.807) is 18.3 Å². The highest BCUT2D eigenvalue weighted by Crippen LogP contribution is 2.28. The molecule has 0 saturated heterocycles. The monoisotopic (exact) mass is 502 g/mol. The van der Waals surface area contributed by atoms with Crippen LogP contribution < -0.4 is 21.1 Å². The number of nitrogens with one attached hydrogen (secondary N) is 3. The number of nitrogens with zero attached hydrogens (tertiary/aromatic N) is 2. The molecule has 2 aromatic heterocycles. The lowest BCUT2D eigenvalue weighted by atomic mass is 10.1. The Labute approximate surface area is 193 Å². The fourth-order valence-corrected chi connectivity index (χ4v) is 2.64. The average molecular weight is 503 g/mol. The highest BCUT2D eigenvalue weighted by molar-refractivity contribution is 8.13. The number of aromatic nitrogens is 3. The first-order valence-corrected chi connectivity index (χ1v) is 11.5. The van der Waals surface area contributed by atoms with Gasteiger partial charge in [0.25, 0.3) is 11.8 Å². The van der Waals surface area contributed by atoms with Crippen molar-refractivity contribution in [3.63, 3.8) is 0 Å². The van der Waals surface area contributed by atoms with Crippen LogP contribution in [0.4, 0.5) is 11.4 Å². The van der Waals surface area contributed by atoms with Gasteiger partial charge in [-0.15, -0.1) is 12.4 Å². The topological polar surface area (TPSA) is 169 Å². The summed E-state index contributed by atoms with van der Waals surface area (Å²) in [4.78, 5) is 34.8. The van der Waals surface area contributed by atoms with Crippen LogP contribution >= 0.6 is 23.1 Å². The van der Waals surface area contributed by atoms with Gasteiger partial charge in [0.1, 0.15) is 17.6 Å². The molecule has 4 rings (SSSR count). The molecule has 5 N–H and O–H groups in total. The van der Waals surface area contributed by atoms with Crippen molar-refractivity contribution < 1.29 is 22.7 Å². The number of halogens is 2. The number of amides is 2. The number of nitrogen functional groups attached to an aromatic ring is 1. The standard InChI is InChI=1S/C16H14N6O3.C2H5ClO2S.ClH/c17-9-5-18-14-13(9)20-7-21-15(14)16(24)19-4-8-1-2-11-10(3-8)22-12(23)6-25-11;1-2-6(3,4)5;/h1-3,5,7,18H,4,6,17H2,(H,19,24)(H,22,23);2H2,1H3;1H. The van der Waals surface area contributed by atoms with Crippen LogP contribution in [0.25, 0.3) is 11.0 Å². The van der Waals surface area contributed by atoms with E-state index < -0.39 is 9.05 Å². The van der Waals surface area contributed by atoms with Gasteiger partial charge < -0.3 is 26.1 Å². The fraction of sp³-hybridized carbons (Fsp3) is 0.222. The maximum Gasteiger partial charge on any atom is 0.272 e. The molecule has 0 fully saturated rings. The lowest BCUT2D eigenvalue weighted by Crippen LogP contribution is -2.26. The molecule has 1 aromatic carbocycles. The summed E-state index contributed by atoms with van der Waals surface area (Å²) in [5, 5.41) is 5.52. The molecule has 14 heteroatoms. The molecule has 2 amide bonds. The number of hydrogen-bond acceptors (Lipinski definition) is 8. The van der Waals surface area contributed by atoms with Crippen molar-refractivity contribution in [1.82, 2.24) is 20.3 Å². The van der Waals surface area contributed by atoms with E-state index in [0.29, 0.717) is 28.2 Å². The second-order valence-electron chi connectivity index (χ2n) is 6.37. The van der Waals surface area contributed by atoms with Crippen molar-refractivity contribution in [3.8, 4) is 5.75 Å². The lowest BCUT2D eigenvalue weighted by Gasteiger charge is -2.18. The SMILES string of the molecule is CCS(=O)(=O)Cl.Cl.Nc1c[nH]c2c(C(=O)NCc3ccc4c(c3)NC(=O)CO4)ncnc12. The molecule has 11 nitrogen and oxygen atoms in total. The molecular weight excluding hydrogens is 483 g/mol. The molecule has 0 radical (unpaired) electrons. The number of rotatable bonds is 4. The first kappa shape index (κ1) is 25.2. The van der Waals surface area contributed by atoms with Crippen molar-refractivity contribution >= 4 is 66.4 Å². The number of carbonyl (C=O) groups is 2. The lowest BCUT2D eigenvalue weighted by molar-refractivity contribution is -0.118. The molecule has 0 saturated carbocycles. The van der Waals surface area contributed by atoms with Crippen LogP contribution in [0.1, 0.15) is 23.0 Å². The molecule has 0 atom stereocenters. The van der Waals surface area contributed by atoms with E-state index in [2.05, 4.69) is 36.3 Å². The molecule has 0 bridgehead atoms. The summed E-state index contributed by atoms with van der Waals surface area (Å²) < 4.78 is 24.8. The first-order chi connectivity index (χ1) is 14.7. The van der Waals surface area contributed by atoms with Gasteiger partial charge in [-0.25, -0.2) is 18.4 Å². The second kappa shape index (κ2) is 10.5. The molecule has 172 valence electrons. The van der Waals surface area contributed by atoms with Crippen LogP contribution in [-0.2, 0) is 20.4 Å². The maximum atomic E-state index is 12.4. The van der Waals surface area contributed by atoms with Gasteiger partial charge in [-0.2, -0.15) is 0 Å². The average Bonchev–Trinajstić information content (AvgIpc) is 3.12. The van der Waals surface area contributed by atoms with Gasteiger partial charge in [0.2, 0.25) is 9.05 Å². The summed E-state index contributed by atoms with van der Waals surface area (Å²) in [6.07, 6.45) is 2.87. The van der Waals surface area contributed by atoms with Crippen molar-refractivity contribution in [1.29, 1.82) is 0 Å². The quantitative estimate of drug-likeness (QED) is 0.391. The Morgan fingerprint density at radius 3 is 2.75 bits per heavy atom. The minimum absolute atomic E-state index is 0. The minimum atomic E-state index is -3.19. The number of nitrogens with two attached hydrogens (primary N) is 1. The summed E-state index contributed by atoms with van der Waals surface area (Å²) in [6, 6.07) is 5.33. The normalized spacial score (nSPS) is 12.4. The fourth-order valence-electron chi connectivity index (χ4n) is 2.64. The van der Waals surface area contributed by atoms with Crippen molar-refractivity contribution in [3.05, 3.63) is 42.0 Å². The van der Waals surface area contributed by atoms with Gasteiger partial charge in [-0.05, 0) is 17.7 Å². The predicted molar refractivity (Wildman–Crippen MR) is 123 cm³/mol. The van der Waals surface area contributed by atoms with Crippen molar-refractivity contribution in [2.75, 3.05) is 23.4 Å². The summed E-state index contributed by atoms with van der Waals surface area (Å²) >= 11 is 0. The van der Waals surface area contributed by atoms with Crippen LogP contribution in [0.2, 0.25) is 0 Å². The zero-order chi connectivity index (χ0) is 22.6. The Morgan fingerprint density at radius 1 is 1.34 bits per heavy atom. The number of ether oxygens (including phenoxy) is 1. The largest absolute Gasteiger partial charge is 0.482 e. The van der Waals surface area contributed by atoms with E-state index in [-0.39, 0.29) is 48.8 Å². The summed E-state index contributed by atoms with van der Waals surface area (Å²) in [7, 11) is 1.50. The maximum absolute atomic E-state index is 12.4. The number of carbonyl (C=O) groups excluding carboxylic acids is 2. The number of anilines is 2. The van der Waals surface area contributed by atoms with Crippen LogP contribution in [0.15, 0.2) is 30.7 Å². The Morgan fingerprint density at radius 2 is 2.06 bits per heavy atom. The molecule has 3 aromatic rings. The van der Waals surface area contributed by atoms with E-state index in [0.717, 1.165) is 5.56 Å². The van der Waals surface area contributed by atoms with Crippen molar-refractivity contribution in [2.24, 2.45) is 0 Å². The molecular formula is C18H20Cl2N6O5S. The van der Waals surface area contributed by atoms with E-state index in [1.165, 1.54) is 13.3 Å². The Bertz CT molecular complexity index is 1250. The van der Waals surface area contributed by atoms with Gasteiger partial charge >= 0.3 is 0 Å². The molecule has 0 spiro atoms. The van der Waals surface area contributed by atoms with Gasteiger partial charge in [-0.1, -0.05) is 13.0 Å². The third kappa shape index (κ3) is 6.22. The van der Waals surface area contributed by atoms with E-state index in [9.17, 15) is 18.0 Å². The van der Waals surface area contributed by atoms with Crippen LogP contribution in [0, 0.1) is 0 Å². The molecule has 0 aliphatic carbocycles. The van der Waals surface area contributed by atoms with Crippen LogP contribution in [0.5, 0.6) is 5.75 Å². The third-order valence-corrected chi connectivity index (χ3v) is 5.53. The summed E-state index contributed by atoms with van der Waals surface area (Å²) in [5.41, 5.74) is 8.86. The molecule has 3 heterocycles. The Hall–Kier alpha value is -3.09. The van der Waals surface area contributed by atoms with Crippen molar-refractivity contribution in [2.45, 2.75) is 13.5 Å². The zero-order valence-corrected chi connectivity index (χ0v) is 19.1. The predicted octanol–water partition coefficient (Wildman–Crippen LogP) is 1.80. The Balaban J connectivity index is 0.000000461. The van der Waals surface area contributed by atoms with E-state index >= 15 is 0 Å². The summed E-state index contributed by atoms with van der Waals surface area (Å²) in [6.45, 7) is 1.76. The molecule has 1 aliphatic rings. The van der Waals surface area contributed by atoms with Crippen LogP contribution in [0.3, 0.4) is 0 Å². The molecule has 32 heavy (non-hydrogen) atoms. The number of H-pyrrole nitrogens is 1. The highest BCUT2D eigenvalue weighted by atomic mass is 35.7. The number of hydrogen-bond donors (Lipinski definition) is 4. The first-order valence-electron chi connectivity index (χ1n) is 9.01. The zero-order valence-electron chi connectivity index (χ0n) is 16.7. The van der Waals surface area contributed by atoms with Gasteiger partial charge in [0, 0.05) is 23.4 Å². The summed E-state index contributed by atoms with van der Waals surface area (Å²) in [5.74, 6) is 0.0527. The second-order valence-corrected chi connectivity index (χ2v) is 9.43. The number of fused-ring (bicyclic) bond motifs is 2. The smallest absolute Gasteiger partial charge is 0.272 e. The molecule has 1 aliphatic heterocycles. The number of benzene rings is 1. The van der Waals surface area contributed by atoms with Gasteiger partial charge in [0.05, 0.1) is 22.6 Å². The Kier molecular flexibility index (Phi) is 8.25. The van der Waals surface area contributed by atoms with Gasteiger partial charge in [0.15, 0.2) is 12.3 Å². The number of aromatic amines is 1. The third-order valence-electron chi connectivity index (χ3n) is 4.18. The minimum Gasteiger partial charge on any atom is -0.482 e. The van der Waals surface area contributed by atoms with Gasteiger partial charge in [-0.3, -0.25) is 9.59 Å². The van der Waals surface area contributed by atoms with Crippen LogP contribution in [-0.4, -0.2) is 47.5 Å². The molecule has 0 unspecified atom stereocenters.